The Labute approximate surface area is 131 Å². The molecule has 1 aliphatic carbocycles. The SMILES string of the molecule is O=C(NCCN1C(=O)c2ccccc2C1=O)C1CCC(F)(F)C1. The number of halogens is 2. The third kappa shape index (κ3) is 2.95. The molecular formula is C16H16F2N2O3. The van der Waals surface area contributed by atoms with Gasteiger partial charge in [0.1, 0.15) is 0 Å². The van der Waals surface area contributed by atoms with Gasteiger partial charge in [-0.1, -0.05) is 12.1 Å². The predicted molar refractivity (Wildman–Crippen MR) is 77.1 cm³/mol. The van der Waals surface area contributed by atoms with Crippen LogP contribution < -0.4 is 5.32 Å². The minimum absolute atomic E-state index is 0.0290. The lowest BCUT2D eigenvalue weighted by Crippen LogP contribution is -2.39. The molecule has 3 amide bonds. The van der Waals surface area contributed by atoms with Crippen LogP contribution >= 0.6 is 0 Å². The first kappa shape index (κ1) is 15.6. The fourth-order valence-electron chi connectivity index (χ4n) is 3.05. The molecule has 0 bridgehead atoms. The van der Waals surface area contributed by atoms with Crippen molar-refractivity contribution in [3.63, 3.8) is 0 Å². The molecule has 0 aromatic heterocycles. The van der Waals surface area contributed by atoms with Crippen LogP contribution in [0.2, 0.25) is 0 Å². The highest BCUT2D eigenvalue weighted by atomic mass is 19.3. The van der Waals surface area contributed by atoms with Crippen molar-refractivity contribution in [2.45, 2.75) is 25.2 Å². The van der Waals surface area contributed by atoms with Crippen LogP contribution in [0.25, 0.3) is 0 Å². The molecule has 0 radical (unpaired) electrons. The van der Waals surface area contributed by atoms with Crippen LogP contribution in [0.4, 0.5) is 8.78 Å². The van der Waals surface area contributed by atoms with Gasteiger partial charge in [-0.25, -0.2) is 8.78 Å². The van der Waals surface area contributed by atoms with E-state index in [0.717, 1.165) is 4.90 Å². The van der Waals surface area contributed by atoms with E-state index in [1.54, 1.807) is 24.3 Å². The van der Waals surface area contributed by atoms with Crippen LogP contribution in [0.15, 0.2) is 24.3 Å². The molecule has 1 aliphatic heterocycles. The summed E-state index contributed by atoms with van der Waals surface area (Å²) in [5.74, 6) is -4.71. The number of benzene rings is 1. The fraction of sp³-hybridized carbons (Fsp3) is 0.438. The Morgan fingerprint density at radius 1 is 1.22 bits per heavy atom. The van der Waals surface area contributed by atoms with Crippen LogP contribution in [0, 0.1) is 5.92 Å². The number of nitrogens with zero attached hydrogens (tertiary/aromatic N) is 1. The second-order valence-corrected chi connectivity index (χ2v) is 5.89. The summed E-state index contributed by atoms with van der Waals surface area (Å²) in [7, 11) is 0. The Balaban J connectivity index is 1.53. The van der Waals surface area contributed by atoms with Crippen LogP contribution in [0.5, 0.6) is 0 Å². The molecule has 2 aliphatic rings. The highest BCUT2D eigenvalue weighted by Crippen LogP contribution is 2.38. The van der Waals surface area contributed by atoms with Crippen molar-refractivity contribution in [3.8, 4) is 0 Å². The lowest BCUT2D eigenvalue weighted by atomic mass is 10.1. The van der Waals surface area contributed by atoms with E-state index < -0.39 is 36.0 Å². The molecule has 122 valence electrons. The van der Waals surface area contributed by atoms with E-state index in [2.05, 4.69) is 5.32 Å². The Morgan fingerprint density at radius 2 is 1.83 bits per heavy atom. The second kappa shape index (κ2) is 5.72. The molecule has 1 heterocycles. The quantitative estimate of drug-likeness (QED) is 0.860. The Kier molecular flexibility index (Phi) is 3.87. The number of nitrogens with one attached hydrogen (secondary N) is 1. The molecule has 3 rings (SSSR count). The number of hydrogen-bond donors (Lipinski definition) is 1. The van der Waals surface area contributed by atoms with E-state index in [1.807, 2.05) is 0 Å². The van der Waals surface area contributed by atoms with Crippen molar-refractivity contribution in [2.75, 3.05) is 13.1 Å². The highest BCUT2D eigenvalue weighted by Gasteiger charge is 2.42. The number of alkyl halides is 2. The molecule has 0 saturated heterocycles. The Morgan fingerprint density at radius 3 is 2.35 bits per heavy atom. The number of rotatable bonds is 4. The summed E-state index contributed by atoms with van der Waals surface area (Å²) >= 11 is 0. The van der Waals surface area contributed by atoms with E-state index in [1.165, 1.54) is 0 Å². The van der Waals surface area contributed by atoms with Crippen molar-refractivity contribution < 1.29 is 23.2 Å². The molecule has 1 aromatic rings. The summed E-state index contributed by atoms with van der Waals surface area (Å²) in [5, 5.41) is 2.54. The lowest BCUT2D eigenvalue weighted by molar-refractivity contribution is -0.125. The zero-order valence-corrected chi connectivity index (χ0v) is 12.4. The van der Waals surface area contributed by atoms with E-state index in [4.69, 9.17) is 0 Å². The minimum Gasteiger partial charge on any atom is -0.354 e. The Hall–Kier alpha value is -2.31. The number of hydrogen-bond acceptors (Lipinski definition) is 3. The summed E-state index contributed by atoms with van der Waals surface area (Å²) in [5.41, 5.74) is 0.693. The molecule has 7 heteroatoms. The van der Waals surface area contributed by atoms with Crippen molar-refractivity contribution in [1.29, 1.82) is 0 Å². The van der Waals surface area contributed by atoms with Crippen molar-refractivity contribution in [3.05, 3.63) is 35.4 Å². The van der Waals surface area contributed by atoms with Gasteiger partial charge in [-0.2, -0.15) is 0 Å². The Bertz CT molecular complexity index is 640. The van der Waals surface area contributed by atoms with Gasteiger partial charge >= 0.3 is 0 Å². The minimum atomic E-state index is -2.77. The molecule has 5 nitrogen and oxygen atoms in total. The smallest absolute Gasteiger partial charge is 0.261 e. The molecule has 1 fully saturated rings. The van der Waals surface area contributed by atoms with Gasteiger partial charge < -0.3 is 5.32 Å². The zero-order valence-electron chi connectivity index (χ0n) is 12.4. The van der Waals surface area contributed by atoms with E-state index in [0.29, 0.717) is 11.1 Å². The van der Waals surface area contributed by atoms with Gasteiger partial charge in [-0.05, 0) is 18.6 Å². The first-order valence-electron chi connectivity index (χ1n) is 7.50. The van der Waals surface area contributed by atoms with Crippen LogP contribution in [0.1, 0.15) is 40.0 Å². The molecule has 0 spiro atoms. The number of amides is 3. The largest absolute Gasteiger partial charge is 0.354 e. The standard InChI is InChI=1S/C16H16F2N2O3/c17-16(18)6-5-10(9-16)13(21)19-7-8-20-14(22)11-3-1-2-4-12(11)15(20)23/h1-4,10H,5-9H2,(H,19,21). The molecular weight excluding hydrogens is 306 g/mol. The zero-order chi connectivity index (χ0) is 16.6. The molecule has 1 N–H and O–H groups in total. The average molecular weight is 322 g/mol. The summed E-state index contributed by atoms with van der Waals surface area (Å²) < 4.78 is 26.2. The summed E-state index contributed by atoms with van der Waals surface area (Å²) in [6.45, 7) is 0.0908. The van der Waals surface area contributed by atoms with Gasteiger partial charge in [0.2, 0.25) is 11.8 Å². The first-order valence-corrected chi connectivity index (χ1v) is 7.50. The number of imide groups is 1. The molecule has 1 saturated carbocycles. The average Bonchev–Trinajstić information content (AvgIpc) is 3.00. The second-order valence-electron chi connectivity index (χ2n) is 5.89. The maximum absolute atomic E-state index is 13.1. The normalized spacial score (nSPS) is 22.3. The van der Waals surface area contributed by atoms with Gasteiger partial charge in [0.15, 0.2) is 0 Å². The predicted octanol–water partition coefficient (Wildman–Crippen LogP) is 1.83. The molecule has 1 atom stereocenters. The number of carbonyl (C=O) groups is 3. The maximum atomic E-state index is 13.1. The van der Waals surface area contributed by atoms with Gasteiger partial charge in [0.25, 0.3) is 11.8 Å². The van der Waals surface area contributed by atoms with E-state index >= 15 is 0 Å². The lowest BCUT2D eigenvalue weighted by Gasteiger charge is -2.16. The number of carbonyl (C=O) groups excluding carboxylic acids is 3. The highest BCUT2D eigenvalue weighted by molar-refractivity contribution is 6.21. The van der Waals surface area contributed by atoms with Crippen LogP contribution in [-0.2, 0) is 4.79 Å². The monoisotopic (exact) mass is 322 g/mol. The topological polar surface area (TPSA) is 66.5 Å². The third-order valence-corrected chi connectivity index (χ3v) is 4.29. The van der Waals surface area contributed by atoms with E-state index in [9.17, 15) is 23.2 Å². The van der Waals surface area contributed by atoms with Crippen molar-refractivity contribution in [1.82, 2.24) is 10.2 Å². The van der Waals surface area contributed by atoms with Crippen LogP contribution in [-0.4, -0.2) is 41.6 Å². The molecule has 23 heavy (non-hydrogen) atoms. The summed E-state index contributed by atoms with van der Waals surface area (Å²) in [6, 6.07) is 6.51. The third-order valence-electron chi connectivity index (χ3n) is 4.29. The van der Waals surface area contributed by atoms with Gasteiger partial charge in [-0.15, -0.1) is 0 Å². The maximum Gasteiger partial charge on any atom is 0.261 e. The first-order chi connectivity index (χ1) is 10.9. The molecule has 1 unspecified atom stereocenters. The van der Waals surface area contributed by atoms with Crippen molar-refractivity contribution >= 4 is 17.7 Å². The fourth-order valence-corrected chi connectivity index (χ4v) is 3.05. The van der Waals surface area contributed by atoms with Gasteiger partial charge in [-0.3, -0.25) is 19.3 Å². The van der Waals surface area contributed by atoms with Gasteiger partial charge in [0.05, 0.1) is 11.1 Å². The number of fused-ring (bicyclic) bond motifs is 1. The van der Waals surface area contributed by atoms with Crippen molar-refractivity contribution in [2.24, 2.45) is 5.92 Å². The summed E-state index contributed by atoms with van der Waals surface area (Å²) in [6.07, 6.45) is -0.554. The molecule has 1 aromatic carbocycles. The van der Waals surface area contributed by atoms with E-state index in [-0.39, 0.29) is 25.9 Å². The summed E-state index contributed by atoms with van der Waals surface area (Å²) in [4.78, 5) is 37.2. The van der Waals surface area contributed by atoms with Gasteiger partial charge in [0, 0.05) is 31.8 Å². The van der Waals surface area contributed by atoms with Crippen LogP contribution in [0.3, 0.4) is 0 Å².